The molecule has 0 fully saturated rings. The highest BCUT2D eigenvalue weighted by molar-refractivity contribution is 6.07. The smallest absolute Gasteiger partial charge is 0.419 e. The van der Waals surface area contributed by atoms with E-state index in [9.17, 15) is 9.59 Å². The molecule has 0 aliphatic carbocycles. The molecule has 3 aromatic carbocycles. The van der Waals surface area contributed by atoms with Crippen molar-refractivity contribution in [3.05, 3.63) is 71.2 Å². The van der Waals surface area contributed by atoms with Crippen molar-refractivity contribution in [2.24, 2.45) is 0 Å². The van der Waals surface area contributed by atoms with Gasteiger partial charge in [-0.2, -0.15) is 0 Å². The number of ether oxygens (including phenoxy) is 1. The van der Waals surface area contributed by atoms with Crippen LogP contribution in [0.1, 0.15) is 6.42 Å². The van der Waals surface area contributed by atoms with E-state index in [-0.39, 0.29) is 18.9 Å². The van der Waals surface area contributed by atoms with E-state index >= 15 is 0 Å². The number of oxazole rings is 1. The number of nitrogens with one attached hydrogen (secondary N) is 1. The molecule has 0 unspecified atom stereocenters. The van der Waals surface area contributed by atoms with Crippen LogP contribution in [0.15, 0.2) is 74.3 Å². The van der Waals surface area contributed by atoms with Gasteiger partial charge in [0.05, 0.1) is 18.3 Å². The van der Waals surface area contributed by atoms with Crippen molar-refractivity contribution in [1.29, 1.82) is 0 Å². The molecular formula is C23H18N2O5. The zero-order valence-corrected chi connectivity index (χ0v) is 16.2. The van der Waals surface area contributed by atoms with Crippen molar-refractivity contribution >= 4 is 44.6 Å². The van der Waals surface area contributed by atoms with E-state index in [0.717, 1.165) is 16.4 Å². The minimum Gasteiger partial charge on any atom is -0.495 e. The highest BCUT2D eigenvalue weighted by atomic mass is 16.5. The molecule has 0 radical (unpaired) electrons. The summed E-state index contributed by atoms with van der Waals surface area (Å²) in [7, 11) is 1.55. The molecular weight excluding hydrogens is 384 g/mol. The first kappa shape index (κ1) is 18.1. The Morgan fingerprint density at radius 1 is 0.967 bits per heavy atom. The first-order valence-corrected chi connectivity index (χ1v) is 9.51. The lowest BCUT2D eigenvalue weighted by Crippen LogP contribution is -2.20. The summed E-state index contributed by atoms with van der Waals surface area (Å²) in [6.07, 6.45) is 0.102. The molecule has 0 aliphatic heterocycles. The van der Waals surface area contributed by atoms with Gasteiger partial charge in [-0.15, -0.1) is 0 Å². The molecule has 30 heavy (non-hydrogen) atoms. The summed E-state index contributed by atoms with van der Waals surface area (Å²) >= 11 is 0. The van der Waals surface area contributed by atoms with Crippen LogP contribution in [0, 0.1) is 0 Å². The number of furan rings is 1. The van der Waals surface area contributed by atoms with Crippen molar-refractivity contribution in [3.63, 3.8) is 0 Å². The second-order valence-corrected chi connectivity index (χ2v) is 6.93. The van der Waals surface area contributed by atoms with E-state index in [2.05, 4.69) is 5.32 Å². The van der Waals surface area contributed by atoms with Crippen molar-refractivity contribution in [2.75, 3.05) is 12.4 Å². The number of para-hydroxylation sites is 3. The number of aromatic nitrogens is 1. The standard InChI is InChI=1S/C23H18N2O5/c1-28-21-12-15-14-6-2-4-8-18(14)29-20(15)13-16(21)24-22(26)10-11-25-17-7-3-5-9-19(17)30-23(25)27/h2-9,12-13H,10-11H2,1H3,(H,24,26). The van der Waals surface area contributed by atoms with Crippen LogP contribution in [0.2, 0.25) is 0 Å². The van der Waals surface area contributed by atoms with Crippen LogP contribution in [0.3, 0.4) is 0 Å². The number of fused-ring (bicyclic) bond motifs is 4. The lowest BCUT2D eigenvalue weighted by Gasteiger charge is -2.10. The SMILES string of the molecule is COc1cc2c(cc1NC(=O)CCn1c(=O)oc3ccccc31)oc1ccccc12. The number of aryl methyl sites for hydroxylation is 1. The van der Waals surface area contributed by atoms with Crippen LogP contribution in [-0.4, -0.2) is 17.6 Å². The van der Waals surface area contributed by atoms with Gasteiger partial charge in [0.1, 0.15) is 16.9 Å². The monoisotopic (exact) mass is 402 g/mol. The van der Waals surface area contributed by atoms with Gasteiger partial charge in [0.2, 0.25) is 5.91 Å². The van der Waals surface area contributed by atoms with Gasteiger partial charge in [-0.05, 0) is 24.3 Å². The first-order valence-electron chi connectivity index (χ1n) is 9.51. The number of anilines is 1. The molecule has 7 heteroatoms. The molecule has 150 valence electrons. The Hall–Kier alpha value is -4.00. The normalized spacial score (nSPS) is 11.4. The fraction of sp³-hybridized carbons (Fsp3) is 0.130. The maximum Gasteiger partial charge on any atom is 0.419 e. The van der Waals surface area contributed by atoms with Crippen molar-refractivity contribution < 1.29 is 18.4 Å². The predicted octanol–water partition coefficient (Wildman–Crippen LogP) is 4.53. The summed E-state index contributed by atoms with van der Waals surface area (Å²) in [5.41, 5.74) is 3.10. The van der Waals surface area contributed by atoms with Crippen LogP contribution < -0.4 is 15.8 Å². The molecule has 2 heterocycles. The molecule has 7 nitrogen and oxygen atoms in total. The molecule has 1 amide bonds. The Kier molecular flexibility index (Phi) is 4.28. The number of benzene rings is 3. The zero-order chi connectivity index (χ0) is 20.7. The van der Waals surface area contributed by atoms with Gasteiger partial charge < -0.3 is 18.9 Å². The number of hydrogen-bond acceptors (Lipinski definition) is 5. The summed E-state index contributed by atoms with van der Waals surface area (Å²) in [6, 6.07) is 18.5. The second kappa shape index (κ2) is 7.11. The quantitative estimate of drug-likeness (QED) is 0.467. The molecule has 0 atom stereocenters. The van der Waals surface area contributed by atoms with Crippen LogP contribution in [0.4, 0.5) is 5.69 Å². The average molecular weight is 402 g/mol. The van der Waals surface area contributed by atoms with E-state index in [4.69, 9.17) is 13.6 Å². The number of hydrogen-bond donors (Lipinski definition) is 1. The van der Waals surface area contributed by atoms with Gasteiger partial charge in [0.15, 0.2) is 5.58 Å². The summed E-state index contributed by atoms with van der Waals surface area (Å²) in [6.45, 7) is 0.205. The molecule has 0 bridgehead atoms. The summed E-state index contributed by atoms with van der Waals surface area (Å²) in [5, 5.41) is 4.75. The molecule has 0 saturated carbocycles. The van der Waals surface area contributed by atoms with Crippen LogP contribution >= 0.6 is 0 Å². The molecule has 1 N–H and O–H groups in total. The van der Waals surface area contributed by atoms with Crippen molar-refractivity contribution in [3.8, 4) is 5.75 Å². The fourth-order valence-corrected chi connectivity index (χ4v) is 3.67. The topological polar surface area (TPSA) is 86.6 Å². The maximum absolute atomic E-state index is 12.6. The van der Waals surface area contributed by atoms with Crippen LogP contribution in [0.5, 0.6) is 5.75 Å². The molecule has 0 aliphatic rings. The third-order valence-electron chi connectivity index (χ3n) is 5.11. The molecule has 0 saturated heterocycles. The van der Waals surface area contributed by atoms with Crippen LogP contribution in [-0.2, 0) is 11.3 Å². The average Bonchev–Trinajstić information content (AvgIpc) is 3.27. The van der Waals surface area contributed by atoms with E-state index in [1.54, 1.807) is 31.4 Å². The predicted molar refractivity (Wildman–Crippen MR) is 114 cm³/mol. The number of methoxy groups -OCH3 is 1. The van der Waals surface area contributed by atoms with Gasteiger partial charge in [-0.1, -0.05) is 30.3 Å². The minimum atomic E-state index is -0.481. The Bertz CT molecular complexity index is 1460. The van der Waals surface area contributed by atoms with Gasteiger partial charge in [-0.25, -0.2) is 4.79 Å². The Balaban J connectivity index is 1.40. The highest BCUT2D eigenvalue weighted by Crippen LogP contribution is 2.36. The lowest BCUT2D eigenvalue weighted by molar-refractivity contribution is -0.116. The third-order valence-corrected chi connectivity index (χ3v) is 5.11. The minimum absolute atomic E-state index is 0.102. The van der Waals surface area contributed by atoms with Gasteiger partial charge in [0.25, 0.3) is 0 Å². The van der Waals surface area contributed by atoms with E-state index in [1.165, 1.54) is 4.57 Å². The Labute approximate surface area is 170 Å². The number of carbonyl (C=O) groups is 1. The maximum atomic E-state index is 12.6. The van der Waals surface area contributed by atoms with E-state index < -0.39 is 5.76 Å². The first-order chi connectivity index (χ1) is 14.6. The number of amides is 1. The highest BCUT2D eigenvalue weighted by Gasteiger charge is 2.15. The summed E-state index contributed by atoms with van der Waals surface area (Å²) in [5.74, 6) is -0.195. The van der Waals surface area contributed by atoms with Crippen molar-refractivity contribution in [2.45, 2.75) is 13.0 Å². The number of rotatable bonds is 5. The second-order valence-electron chi connectivity index (χ2n) is 6.93. The fourth-order valence-electron chi connectivity index (χ4n) is 3.67. The number of carbonyl (C=O) groups excluding carboxylic acids is 1. The molecule has 5 aromatic rings. The lowest BCUT2D eigenvalue weighted by atomic mass is 10.1. The summed E-state index contributed by atoms with van der Waals surface area (Å²) < 4.78 is 18.0. The van der Waals surface area contributed by atoms with Gasteiger partial charge >= 0.3 is 5.76 Å². The zero-order valence-electron chi connectivity index (χ0n) is 16.2. The summed E-state index contributed by atoms with van der Waals surface area (Å²) in [4.78, 5) is 24.7. The molecule has 2 aromatic heterocycles. The molecule has 5 rings (SSSR count). The number of nitrogens with zero attached hydrogens (tertiary/aromatic N) is 1. The Morgan fingerprint density at radius 2 is 1.73 bits per heavy atom. The van der Waals surface area contributed by atoms with Crippen molar-refractivity contribution in [1.82, 2.24) is 4.57 Å². The van der Waals surface area contributed by atoms with E-state index in [1.807, 2.05) is 36.4 Å². The Morgan fingerprint density at radius 3 is 2.57 bits per heavy atom. The van der Waals surface area contributed by atoms with Gasteiger partial charge in [-0.3, -0.25) is 9.36 Å². The molecule has 0 spiro atoms. The van der Waals surface area contributed by atoms with E-state index in [0.29, 0.717) is 28.1 Å². The van der Waals surface area contributed by atoms with Crippen LogP contribution in [0.25, 0.3) is 33.0 Å². The third kappa shape index (κ3) is 3.00. The largest absolute Gasteiger partial charge is 0.495 e. The van der Waals surface area contributed by atoms with Gasteiger partial charge in [0, 0.05) is 29.8 Å².